The Bertz CT molecular complexity index is 1560. The normalized spacial score (nSPS) is 13.0. The number of nitrogens with one attached hydrogen (secondary N) is 1. The van der Waals surface area contributed by atoms with E-state index in [-0.39, 0.29) is 42.4 Å². The fourth-order valence-electron chi connectivity index (χ4n) is 5.50. The van der Waals surface area contributed by atoms with Gasteiger partial charge in [-0.05, 0) is 53.1 Å². The Morgan fingerprint density at radius 1 is 0.881 bits per heavy atom. The molecule has 0 saturated carbocycles. The first kappa shape index (κ1) is 29.0. The zero-order chi connectivity index (χ0) is 29.6. The lowest BCUT2D eigenvalue weighted by molar-refractivity contribution is -0.141. The molecule has 0 spiro atoms. The number of anilines is 1. The number of halogens is 1. The number of rotatable bonds is 12. The highest BCUT2D eigenvalue weighted by Gasteiger charge is 2.32. The Labute approximate surface area is 246 Å². The molecule has 1 heterocycles. The molecule has 1 N–H and O–H groups in total. The van der Waals surface area contributed by atoms with E-state index in [9.17, 15) is 18.8 Å². The number of nitrogens with zero attached hydrogens (tertiary/aromatic N) is 2. The fraction of sp³-hybridized carbons (Fsp3) is 0.286. The second-order valence-electron chi connectivity index (χ2n) is 11.2. The van der Waals surface area contributed by atoms with Gasteiger partial charge >= 0.3 is 0 Å². The Morgan fingerprint density at radius 3 is 2.31 bits per heavy atom. The molecule has 0 fully saturated rings. The predicted molar refractivity (Wildman–Crippen MR) is 164 cm³/mol. The van der Waals surface area contributed by atoms with Crippen LogP contribution in [0.15, 0.2) is 91.0 Å². The number of hydrogen-bond donors (Lipinski definition) is 1. The summed E-state index contributed by atoms with van der Waals surface area (Å²) >= 11 is 0. The van der Waals surface area contributed by atoms with Crippen LogP contribution in [0.3, 0.4) is 0 Å². The van der Waals surface area contributed by atoms with Crippen molar-refractivity contribution in [2.24, 2.45) is 5.92 Å². The van der Waals surface area contributed by atoms with Crippen molar-refractivity contribution in [3.63, 3.8) is 0 Å². The Hall–Kier alpha value is -4.52. The summed E-state index contributed by atoms with van der Waals surface area (Å²) in [5.41, 5.74) is 3.21. The summed E-state index contributed by atoms with van der Waals surface area (Å²) < 4.78 is 13.7. The first-order chi connectivity index (χ1) is 20.3. The van der Waals surface area contributed by atoms with Crippen molar-refractivity contribution in [2.45, 2.75) is 45.7 Å². The van der Waals surface area contributed by atoms with E-state index in [1.807, 2.05) is 80.6 Å². The maximum atomic E-state index is 13.9. The molecule has 7 heteroatoms. The average Bonchev–Trinajstić information content (AvgIpc) is 3.27. The van der Waals surface area contributed by atoms with Gasteiger partial charge in [-0.2, -0.15) is 0 Å². The zero-order valence-corrected chi connectivity index (χ0v) is 24.1. The number of carbonyl (C=O) groups excluding carboxylic acids is 3. The summed E-state index contributed by atoms with van der Waals surface area (Å²) in [6, 6.07) is 26.5. The van der Waals surface area contributed by atoms with E-state index in [1.54, 1.807) is 21.9 Å². The summed E-state index contributed by atoms with van der Waals surface area (Å²) in [6.07, 6.45) is 0.931. The highest BCUT2D eigenvalue weighted by molar-refractivity contribution is 6.25. The van der Waals surface area contributed by atoms with Crippen molar-refractivity contribution in [3.8, 4) is 0 Å². The monoisotopic (exact) mass is 565 g/mol. The predicted octanol–water partition coefficient (Wildman–Crippen LogP) is 6.13. The summed E-state index contributed by atoms with van der Waals surface area (Å²) in [5, 5.41) is 4.97. The topological polar surface area (TPSA) is 69.7 Å². The lowest BCUT2D eigenvalue weighted by Gasteiger charge is -2.32. The van der Waals surface area contributed by atoms with Gasteiger partial charge in [0.05, 0.1) is 5.69 Å². The van der Waals surface area contributed by atoms with Crippen LogP contribution in [-0.4, -0.2) is 41.8 Å². The van der Waals surface area contributed by atoms with Gasteiger partial charge < -0.3 is 15.1 Å². The second kappa shape index (κ2) is 13.0. The smallest absolute Gasteiger partial charge is 0.258 e. The van der Waals surface area contributed by atoms with Crippen molar-refractivity contribution in [3.05, 3.63) is 114 Å². The van der Waals surface area contributed by atoms with Crippen molar-refractivity contribution in [1.82, 2.24) is 10.2 Å². The molecule has 216 valence electrons. The molecule has 1 aliphatic rings. The first-order valence-electron chi connectivity index (χ1n) is 14.5. The summed E-state index contributed by atoms with van der Waals surface area (Å²) in [7, 11) is 0. The third kappa shape index (κ3) is 6.51. The van der Waals surface area contributed by atoms with Crippen LogP contribution < -0.4 is 10.2 Å². The highest BCUT2D eigenvalue weighted by atomic mass is 19.1. The third-order valence-corrected chi connectivity index (χ3v) is 7.64. The summed E-state index contributed by atoms with van der Waals surface area (Å²) in [5.74, 6) is -0.591. The van der Waals surface area contributed by atoms with Gasteiger partial charge in [-0.15, -0.1) is 0 Å². The van der Waals surface area contributed by atoms with Crippen LogP contribution in [-0.2, 0) is 22.6 Å². The molecule has 0 radical (unpaired) electrons. The minimum absolute atomic E-state index is 0.0626. The molecule has 1 aliphatic heterocycles. The number of hydrogen-bond acceptors (Lipinski definition) is 3. The average molecular weight is 566 g/mol. The maximum Gasteiger partial charge on any atom is 0.258 e. The third-order valence-electron chi connectivity index (χ3n) is 7.64. The Balaban J connectivity index is 1.37. The lowest BCUT2D eigenvalue weighted by atomic mass is 10.0. The standard InChI is InChI=1S/C35H36FN3O3/c1-24(2)22-37-34(41)31(21-25-9-4-3-5-10-25)39(23-26-16-18-28(36)19-17-26)32(40)15-8-20-38-30-14-7-12-27-11-6-13-29(33(27)30)35(38)42/h3-7,9-14,16-19,24,31H,8,15,20-23H2,1-2H3,(H,37,41)/t31-/m0/s1. The fourth-order valence-corrected chi connectivity index (χ4v) is 5.50. The van der Waals surface area contributed by atoms with Gasteiger partial charge in [0.15, 0.2) is 0 Å². The highest BCUT2D eigenvalue weighted by Crippen LogP contribution is 2.37. The van der Waals surface area contributed by atoms with E-state index in [0.717, 1.165) is 27.6 Å². The number of carbonyl (C=O) groups is 3. The molecule has 42 heavy (non-hydrogen) atoms. The Kier molecular flexibility index (Phi) is 8.96. The first-order valence-corrected chi connectivity index (χ1v) is 14.5. The molecule has 0 aliphatic carbocycles. The van der Waals surface area contributed by atoms with Crippen molar-refractivity contribution in [1.29, 1.82) is 0 Å². The molecule has 1 atom stereocenters. The van der Waals surface area contributed by atoms with Gasteiger partial charge in [-0.25, -0.2) is 4.39 Å². The maximum absolute atomic E-state index is 13.9. The van der Waals surface area contributed by atoms with E-state index >= 15 is 0 Å². The molecule has 4 aromatic rings. The van der Waals surface area contributed by atoms with Crippen LogP contribution in [0.5, 0.6) is 0 Å². The van der Waals surface area contributed by atoms with E-state index in [4.69, 9.17) is 0 Å². The van der Waals surface area contributed by atoms with Crippen LogP contribution in [0.4, 0.5) is 10.1 Å². The molecule has 6 nitrogen and oxygen atoms in total. The van der Waals surface area contributed by atoms with E-state index in [2.05, 4.69) is 5.32 Å². The minimum Gasteiger partial charge on any atom is -0.354 e. The van der Waals surface area contributed by atoms with Crippen molar-refractivity contribution in [2.75, 3.05) is 18.0 Å². The molecule has 0 aromatic heterocycles. The zero-order valence-electron chi connectivity index (χ0n) is 24.1. The SMILES string of the molecule is CC(C)CNC(=O)[C@H](Cc1ccccc1)N(Cc1ccc(F)cc1)C(=O)CCCN1C(=O)c2cccc3cccc1c23. The molecule has 5 rings (SSSR count). The van der Waals surface area contributed by atoms with Gasteiger partial charge in [-0.1, -0.05) is 80.6 Å². The second-order valence-corrected chi connectivity index (χ2v) is 11.2. The van der Waals surface area contributed by atoms with Crippen LogP contribution in [0.2, 0.25) is 0 Å². The molecule has 0 bridgehead atoms. The van der Waals surface area contributed by atoms with E-state index < -0.39 is 6.04 Å². The van der Waals surface area contributed by atoms with Crippen LogP contribution >= 0.6 is 0 Å². The van der Waals surface area contributed by atoms with E-state index in [0.29, 0.717) is 31.5 Å². The molecule has 3 amide bonds. The molecular formula is C35H36FN3O3. The van der Waals surface area contributed by atoms with Gasteiger partial charge in [0.1, 0.15) is 11.9 Å². The van der Waals surface area contributed by atoms with Crippen molar-refractivity contribution < 1.29 is 18.8 Å². The van der Waals surface area contributed by atoms with E-state index in [1.165, 1.54) is 12.1 Å². The summed E-state index contributed by atoms with van der Waals surface area (Å²) in [4.78, 5) is 44.1. The van der Waals surface area contributed by atoms with Crippen molar-refractivity contribution >= 4 is 34.2 Å². The van der Waals surface area contributed by atoms with Gasteiger partial charge in [0.2, 0.25) is 11.8 Å². The molecule has 0 unspecified atom stereocenters. The minimum atomic E-state index is -0.755. The molecule has 0 saturated heterocycles. The van der Waals surface area contributed by atoms with Gasteiger partial charge in [0, 0.05) is 43.4 Å². The lowest BCUT2D eigenvalue weighted by Crippen LogP contribution is -2.51. The van der Waals surface area contributed by atoms with Crippen LogP contribution in [0.1, 0.15) is 48.2 Å². The Morgan fingerprint density at radius 2 is 1.60 bits per heavy atom. The summed E-state index contributed by atoms with van der Waals surface area (Å²) in [6.45, 7) is 5.08. The van der Waals surface area contributed by atoms with Gasteiger partial charge in [0.25, 0.3) is 5.91 Å². The quantitative estimate of drug-likeness (QED) is 0.225. The molecule has 4 aromatic carbocycles. The van der Waals surface area contributed by atoms with Crippen LogP contribution in [0, 0.1) is 11.7 Å². The van der Waals surface area contributed by atoms with Crippen LogP contribution in [0.25, 0.3) is 10.8 Å². The van der Waals surface area contributed by atoms with Gasteiger partial charge in [-0.3, -0.25) is 14.4 Å². The number of amides is 3. The number of benzene rings is 4. The molecular weight excluding hydrogens is 529 g/mol. The largest absolute Gasteiger partial charge is 0.354 e.